The minimum atomic E-state index is -0.296. The first-order valence-electron chi connectivity index (χ1n) is 7.27. The standard InChI is InChI=1S/C17H24N2O/c1-11(2)9-14(16(18)20)15-13-8-6-5-7-12(13)10-17(3,4)19-15/h5-8,11,14H,9-10H2,1-4H3,(H2,18,20). The highest BCUT2D eigenvalue weighted by Crippen LogP contribution is 2.31. The minimum Gasteiger partial charge on any atom is -0.369 e. The molecule has 1 unspecified atom stereocenters. The van der Waals surface area contributed by atoms with E-state index in [1.54, 1.807) is 0 Å². The summed E-state index contributed by atoms with van der Waals surface area (Å²) in [5, 5.41) is 0. The third-order valence-corrected chi connectivity index (χ3v) is 3.72. The summed E-state index contributed by atoms with van der Waals surface area (Å²) < 4.78 is 0. The fraction of sp³-hybridized carbons (Fsp3) is 0.529. The van der Waals surface area contributed by atoms with Gasteiger partial charge in [0.1, 0.15) is 0 Å². The summed E-state index contributed by atoms with van der Waals surface area (Å²) in [5.74, 6) is -0.159. The van der Waals surface area contributed by atoms with Crippen LogP contribution in [-0.4, -0.2) is 17.2 Å². The van der Waals surface area contributed by atoms with E-state index in [1.807, 2.05) is 12.1 Å². The minimum absolute atomic E-state index is 0.172. The zero-order valence-electron chi connectivity index (χ0n) is 12.8. The Bertz CT molecular complexity index is 544. The molecule has 2 rings (SSSR count). The molecule has 1 amide bonds. The van der Waals surface area contributed by atoms with Gasteiger partial charge in [0, 0.05) is 0 Å². The van der Waals surface area contributed by atoms with Crippen LogP contribution in [0.15, 0.2) is 29.3 Å². The van der Waals surface area contributed by atoms with Gasteiger partial charge in [0.05, 0.1) is 17.2 Å². The Morgan fingerprint density at radius 2 is 2.00 bits per heavy atom. The second-order valence-electron chi connectivity index (χ2n) is 6.73. The van der Waals surface area contributed by atoms with Crippen molar-refractivity contribution in [2.75, 3.05) is 0 Å². The molecule has 0 saturated heterocycles. The number of benzene rings is 1. The van der Waals surface area contributed by atoms with Crippen molar-refractivity contribution in [3.8, 4) is 0 Å². The van der Waals surface area contributed by atoms with Gasteiger partial charge in [0.25, 0.3) is 0 Å². The SMILES string of the molecule is CC(C)CC(C(N)=O)C1=NC(C)(C)Cc2ccccc21. The highest BCUT2D eigenvalue weighted by Gasteiger charge is 2.32. The van der Waals surface area contributed by atoms with Gasteiger partial charge in [0.2, 0.25) is 5.91 Å². The Morgan fingerprint density at radius 1 is 1.35 bits per heavy atom. The number of aliphatic imine (C=N–C) groups is 1. The zero-order chi connectivity index (χ0) is 14.9. The second-order valence-corrected chi connectivity index (χ2v) is 6.73. The quantitative estimate of drug-likeness (QED) is 0.900. The Kier molecular flexibility index (Phi) is 3.98. The Balaban J connectivity index is 2.50. The van der Waals surface area contributed by atoms with Gasteiger partial charge >= 0.3 is 0 Å². The number of carbonyl (C=O) groups excluding carboxylic acids is 1. The van der Waals surface area contributed by atoms with Crippen molar-refractivity contribution in [1.82, 2.24) is 0 Å². The van der Waals surface area contributed by atoms with Gasteiger partial charge in [-0.3, -0.25) is 9.79 Å². The van der Waals surface area contributed by atoms with E-state index in [0.717, 1.165) is 24.1 Å². The zero-order valence-corrected chi connectivity index (χ0v) is 12.8. The van der Waals surface area contributed by atoms with Crippen LogP contribution in [-0.2, 0) is 11.2 Å². The third kappa shape index (κ3) is 3.09. The first-order valence-corrected chi connectivity index (χ1v) is 7.27. The van der Waals surface area contributed by atoms with Gasteiger partial charge in [-0.1, -0.05) is 38.1 Å². The number of primary amides is 1. The van der Waals surface area contributed by atoms with Crippen molar-refractivity contribution in [1.29, 1.82) is 0 Å². The van der Waals surface area contributed by atoms with E-state index in [-0.39, 0.29) is 17.4 Å². The first kappa shape index (κ1) is 14.8. The number of carbonyl (C=O) groups is 1. The third-order valence-electron chi connectivity index (χ3n) is 3.72. The number of hydrogen-bond acceptors (Lipinski definition) is 2. The predicted octanol–water partition coefficient (Wildman–Crippen LogP) is 2.96. The summed E-state index contributed by atoms with van der Waals surface area (Å²) >= 11 is 0. The Hall–Kier alpha value is -1.64. The van der Waals surface area contributed by atoms with Crippen LogP contribution in [0.5, 0.6) is 0 Å². The van der Waals surface area contributed by atoms with Crippen LogP contribution < -0.4 is 5.73 Å². The highest BCUT2D eigenvalue weighted by atomic mass is 16.1. The molecule has 2 N–H and O–H groups in total. The molecule has 108 valence electrons. The fourth-order valence-corrected chi connectivity index (χ4v) is 2.92. The Labute approximate surface area is 121 Å². The molecule has 1 aromatic carbocycles. The van der Waals surface area contributed by atoms with Crippen molar-refractivity contribution in [2.45, 2.75) is 46.1 Å². The van der Waals surface area contributed by atoms with E-state index in [1.165, 1.54) is 5.56 Å². The van der Waals surface area contributed by atoms with Crippen molar-refractivity contribution in [3.63, 3.8) is 0 Å². The predicted molar refractivity (Wildman–Crippen MR) is 82.9 cm³/mol. The van der Waals surface area contributed by atoms with Gasteiger partial charge in [-0.25, -0.2) is 0 Å². The second kappa shape index (κ2) is 5.39. The van der Waals surface area contributed by atoms with E-state index in [9.17, 15) is 4.79 Å². The van der Waals surface area contributed by atoms with Crippen molar-refractivity contribution in [3.05, 3.63) is 35.4 Å². The molecule has 1 aliphatic rings. The number of nitrogens with zero attached hydrogens (tertiary/aromatic N) is 1. The molecule has 1 heterocycles. The highest BCUT2D eigenvalue weighted by molar-refractivity contribution is 6.14. The molecule has 3 heteroatoms. The van der Waals surface area contributed by atoms with Crippen LogP contribution >= 0.6 is 0 Å². The van der Waals surface area contributed by atoms with Crippen LogP contribution in [0.4, 0.5) is 0 Å². The summed E-state index contributed by atoms with van der Waals surface area (Å²) in [6.45, 7) is 8.43. The van der Waals surface area contributed by atoms with Crippen molar-refractivity contribution in [2.24, 2.45) is 22.6 Å². The summed E-state index contributed by atoms with van der Waals surface area (Å²) in [5.41, 5.74) is 8.70. The topological polar surface area (TPSA) is 55.5 Å². The summed E-state index contributed by atoms with van der Waals surface area (Å²) in [4.78, 5) is 16.7. The van der Waals surface area contributed by atoms with Crippen molar-refractivity contribution >= 4 is 11.6 Å². The maximum Gasteiger partial charge on any atom is 0.226 e. The molecule has 1 aromatic rings. The molecule has 20 heavy (non-hydrogen) atoms. The lowest BCUT2D eigenvalue weighted by atomic mass is 9.80. The number of hydrogen-bond donors (Lipinski definition) is 1. The molecule has 0 aromatic heterocycles. The number of rotatable bonds is 4. The molecule has 0 aliphatic carbocycles. The molecule has 0 radical (unpaired) electrons. The van der Waals surface area contributed by atoms with Crippen LogP contribution in [0.2, 0.25) is 0 Å². The molecular formula is C17H24N2O. The van der Waals surface area contributed by atoms with Crippen LogP contribution in [0.3, 0.4) is 0 Å². The maximum atomic E-state index is 11.9. The lowest BCUT2D eigenvalue weighted by molar-refractivity contribution is -0.120. The summed E-state index contributed by atoms with van der Waals surface area (Å²) in [7, 11) is 0. The van der Waals surface area contributed by atoms with Crippen LogP contribution in [0.1, 0.15) is 45.2 Å². The lowest BCUT2D eigenvalue weighted by Crippen LogP contribution is -2.38. The molecule has 0 saturated carbocycles. The molecule has 0 spiro atoms. The summed E-state index contributed by atoms with van der Waals surface area (Å²) in [6.07, 6.45) is 1.65. The summed E-state index contributed by atoms with van der Waals surface area (Å²) in [6, 6.07) is 8.22. The van der Waals surface area contributed by atoms with E-state index in [4.69, 9.17) is 10.7 Å². The maximum absolute atomic E-state index is 11.9. The normalized spacial score (nSPS) is 18.4. The van der Waals surface area contributed by atoms with Gasteiger partial charge in [-0.2, -0.15) is 0 Å². The molecule has 3 nitrogen and oxygen atoms in total. The molecule has 1 atom stereocenters. The van der Waals surface area contributed by atoms with E-state index < -0.39 is 0 Å². The molecule has 0 bridgehead atoms. The monoisotopic (exact) mass is 272 g/mol. The lowest BCUT2D eigenvalue weighted by Gasteiger charge is -2.32. The van der Waals surface area contributed by atoms with Crippen molar-refractivity contribution < 1.29 is 4.79 Å². The molecule has 0 fully saturated rings. The van der Waals surface area contributed by atoms with Crippen LogP contribution in [0, 0.1) is 11.8 Å². The number of nitrogens with two attached hydrogens (primary N) is 1. The van der Waals surface area contributed by atoms with Gasteiger partial charge in [-0.05, 0) is 43.7 Å². The molecule has 1 aliphatic heterocycles. The van der Waals surface area contributed by atoms with Gasteiger partial charge in [-0.15, -0.1) is 0 Å². The van der Waals surface area contributed by atoms with E-state index in [2.05, 4.69) is 39.8 Å². The first-order chi connectivity index (χ1) is 9.30. The number of amides is 1. The fourth-order valence-electron chi connectivity index (χ4n) is 2.92. The smallest absolute Gasteiger partial charge is 0.226 e. The largest absolute Gasteiger partial charge is 0.369 e. The van der Waals surface area contributed by atoms with Gasteiger partial charge < -0.3 is 5.73 Å². The molecular weight excluding hydrogens is 248 g/mol. The van der Waals surface area contributed by atoms with E-state index in [0.29, 0.717) is 5.92 Å². The van der Waals surface area contributed by atoms with E-state index >= 15 is 0 Å². The average Bonchev–Trinajstić information content (AvgIpc) is 2.33. The number of fused-ring (bicyclic) bond motifs is 1. The average molecular weight is 272 g/mol. The van der Waals surface area contributed by atoms with Crippen LogP contribution in [0.25, 0.3) is 0 Å². The van der Waals surface area contributed by atoms with Gasteiger partial charge in [0.15, 0.2) is 0 Å². The Morgan fingerprint density at radius 3 is 2.60 bits per heavy atom.